The molecule has 314 valence electrons. The SMILES string of the molecule is Cc1ccc2oc3ccc(N(c4ccncc4)c4ccc5oc6ccc(N(c7ccncc7)c7ccc8oc9ccc(N(C)c%10ccc%11ccccc%11c%10)cc9c8c7)cc6c5c4)cc3c2c1. The number of nitrogens with zero attached hydrogens (tertiary/aromatic N) is 5. The third-order valence-corrected chi connectivity index (χ3v) is 12.9. The lowest BCUT2D eigenvalue weighted by Crippen LogP contribution is -2.10. The lowest BCUT2D eigenvalue weighted by Gasteiger charge is -2.26. The number of hydrogen-bond donors (Lipinski definition) is 0. The van der Waals surface area contributed by atoms with Crippen LogP contribution in [0.3, 0.4) is 0 Å². The third kappa shape index (κ3) is 6.22. The quantitative estimate of drug-likeness (QED) is 0.150. The normalized spacial score (nSPS) is 11.8. The zero-order valence-corrected chi connectivity index (χ0v) is 36.0. The first-order chi connectivity index (χ1) is 32.5. The average molecular weight is 854 g/mol. The number of aryl methyl sites for hydroxylation is 1. The molecule has 0 saturated carbocycles. The summed E-state index contributed by atoms with van der Waals surface area (Å²) in [6, 6.07) is 61.6. The Bertz CT molecular complexity index is 4010. The first-order valence-electron chi connectivity index (χ1n) is 22.0. The zero-order chi connectivity index (χ0) is 43.9. The van der Waals surface area contributed by atoms with Gasteiger partial charge in [0.05, 0.1) is 0 Å². The van der Waals surface area contributed by atoms with Gasteiger partial charge in [-0.25, -0.2) is 0 Å². The van der Waals surface area contributed by atoms with Gasteiger partial charge in [0.2, 0.25) is 0 Å². The smallest absolute Gasteiger partial charge is 0.135 e. The maximum atomic E-state index is 6.54. The molecular formula is C58H39N5O3. The Morgan fingerprint density at radius 3 is 1.12 bits per heavy atom. The van der Waals surface area contributed by atoms with Crippen molar-refractivity contribution in [2.45, 2.75) is 6.92 Å². The van der Waals surface area contributed by atoms with Gasteiger partial charge in [-0.3, -0.25) is 9.97 Å². The van der Waals surface area contributed by atoms with Crippen LogP contribution in [0.2, 0.25) is 0 Å². The fraction of sp³-hybridized carbons (Fsp3) is 0.0345. The van der Waals surface area contributed by atoms with E-state index >= 15 is 0 Å². The molecule has 5 heterocycles. The van der Waals surface area contributed by atoms with E-state index in [9.17, 15) is 0 Å². The second-order valence-electron chi connectivity index (χ2n) is 16.9. The molecule has 13 rings (SSSR count). The van der Waals surface area contributed by atoms with Crippen molar-refractivity contribution in [3.05, 3.63) is 206 Å². The monoisotopic (exact) mass is 853 g/mol. The minimum Gasteiger partial charge on any atom is -0.456 e. The molecule has 0 N–H and O–H groups in total. The fourth-order valence-corrected chi connectivity index (χ4v) is 9.57. The van der Waals surface area contributed by atoms with Crippen LogP contribution >= 0.6 is 0 Å². The van der Waals surface area contributed by atoms with Crippen LogP contribution in [0.5, 0.6) is 0 Å². The van der Waals surface area contributed by atoms with Gasteiger partial charge in [-0.15, -0.1) is 0 Å². The molecule has 0 aliphatic heterocycles. The summed E-state index contributed by atoms with van der Waals surface area (Å²) in [6.07, 6.45) is 7.33. The highest BCUT2D eigenvalue weighted by atomic mass is 16.3. The summed E-state index contributed by atoms with van der Waals surface area (Å²) in [5.74, 6) is 0. The van der Waals surface area contributed by atoms with Gasteiger partial charge >= 0.3 is 0 Å². The molecule has 0 radical (unpaired) electrons. The van der Waals surface area contributed by atoms with E-state index in [0.717, 1.165) is 111 Å². The number of pyridine rings is 2. The molecule has 5 aromatic heterocycles. The molecule has 66 heavy (non-hydrogen) atoms. The van der Waals surface area contributed by atoms with E-state index in [1.165, 1.54) is 16.3 Å². The largest absolute Gasteiger partial charge is 0.456 e. The zero-order valence-electron chi connectivity index (χ0n) is 36.0. The van der Waals surface area contributed by atoms with Crippen molar-refractivity contribution in [3.63, 3.8) is 0 Å². The molecule has 0 unspecified atom stereocenters. The Hall–Kier alpha value is -8.88. The van der Waals surface area contributed by atoms with E-state index < -0.39 is 0 Å². The standard InChI is InChI=1S/C58H39N5O3/c1-36-7-15-53-47(29-36)49-32-43(11-17-55(49)64-53)62(39-21-25-59-26-22-39)45-13-19-57-51(34-45)52-35-46(14-20-58(52)66-57)63(40-23-27-60-28-24-40)44-12-18-56-50(33-44)48-31-42(10-16-54(48)65-56)61(2)41-9-8-37-5-3-4-6-38(37)30-41/h3-35H,1-2H3. The summed E-state index contributed by atoms with van der Waals surface area (Å²) in [4.78, 5) is 15.5. The van der Waals surface area contributed by atoms with Gasteiger partial charge in [0.1, 0.15) is 33.5 Å². The van der Waals surface area contributed by atoms with Crippen LogP contribution in [0.15, 0.2) is 214 Å². The van der Waals surface area contributed by atoms with E-state index in [0.29, 0.717) is 0 Å². The van der Waals surface area contributed by atoms with Crippen molar-refractivity contribution < 1.29 is 13.3 Å². The summed E-state index contributed by atoms with van der Waals surface area (Å²) >= 11 is 0. The molecule has 0 aliphatic rings. The van der Waals surface area contributed by atoms with Gasteiger partial charge in [0.15, 0.2) is 0 Å². The molecule has 0 spiro atoms. The van der Waals surface area contributed by atoms with Crippen LogP contribution in [-0.4, -0.2) is 17.0 Å². The first kappa shape index (κ1) is 37.7. The molecule has 8 aromatic carbocycles. The van der Waals surface area contributed by atoms with E-state index in [1.54, 1.807) is 0 Å². The predicted octanol–water partition coefficient (Wildman–Crippen LogP) is 16.3. The van der Waals surface area contributed by atoms with Crippen molar-refractivity contribution in [1.29, 1.82) is 0 Å². The highest BCUT2D eigenvalue weighted by Gasteiger charge is 2.21. The average Bonchev–Trinajstić information content (AvgIpc) is 4.04. The molecule has 0 amide bonds. The van der Waals surface area contributed by atoms with Gasteiger partial charge in [-0.2, -0.15) is 0 Å². The number of benzene rings is 8. The molecule has 0 atom stereocenters. The fourth-order valence-electron chi connectivity index (χ4n) is 9.57. The number of fused-ring (bicyclic) bond motifs is 10. The Morgan fingerprint density at radius 2 is 0.667 bits per heavy atom. The van der Waals surface area contributed by atoms with Crippen LogP contribution in [0.25, 0.3) is 76.6 Å². The molecule has 8 nitrogen and oxygen atoms in total. The van der Waals surface area contributed by atoms with Crippen LogP contribution in [-0.2, 0) is 0 Å². The maximum absolute atomic E-state index is 6.54. The Balaban J connectivity index is 0.926. The van der Waals surface area contributed by atoms with Gasteiger partial charge in [-0.05, 0) is 157 Å². The Labute approximate surface area is 378 Å². The molecule has 0 fully saturated rings. The second kappa shape index (κ2) is 14.9. The maximum Gasteiger partial charge on any atom is 0.135 e. The van der Waals surface area contributed by atoms with E-state index in [4.69, 9.17) is 13.3 Å². The van der Waals surface area contributed by atoms with Crippen molar-refractivity contribution in [3.8, 4) is 0 Å². The molecule has 0 bridgehead atoms. The van der Waals surface area contributed by atoms with E-state index in [2.05, 4.69) is 184 Å². The molecule has 0 aliphatic carbocycles. The highest BCUT2D eigenvalue weighted by Crippen LogP contribution is 2.44. The molecule has 8 heteroatoms. The van der Waals surface area contributed by atoms with Crippen LogP contribution < -0.4 is 14.7 Å². The summed E-state index contributed by atoms with van der Waals surface area (Å²) in [5.41, 5.74) is 14.3. The van der Waals surface area contributed by atoms with E-state index in [-0.39, 0.29) is 0 Å². The number of rotatable bonds is 8. The van der Waals surface area contributed by atoms with Crippen molar-refractivity contribution in [2.24, 2.45) is 0 Å². The minimum absolute atomic E-state index is 0.803. The van der Waals surface area contributed by atoms with Crippen molar-refractivity contribution in [2.75, 3.05) is 21.7 Å². The van der Waals surface area contributed by atoms with Crippen molar-refractivity contribution in [1.82, 2.24) is 9.97 Å². The summed E-state index contributed by atoms with van der Waals surface area (Å²) in [6.45, 7) is 2.11. The lowest BCUT2D eigenvalue weighted by atomic mass is 10.1. The van der Waals surface area contributed by atoms with Crippen molar-refractivity contribution >= 4 is 122 Å². The van der Waals surface area contributed by atoms with Gasteiger partial charge < -0.3 is 28.0 Å². The summed E-state index contributed by atoms with van der Waals surface area (Å²) in [7, 11) is 2.11. The number of anilines is 8. The molecule has 0 saturated heterocycles. The number of hydrogen-bond acceptors (Lipinski definition) is 8. The topological polar surface area (TPSA) is 74.9 Å². The van der Waals surface area contributed by atoms with Crippen LogP contribution in [0.4, 0.5) is 45.5 Å². The lowest BCUT2D eigenvalue weighted by molar-refractivity contribution is 0.668. The minimum atomic E-state index is 0.803. The predicted molar refractivity (Wildman–Crippen MR) is 270 cm³/mol. The first-order valence-corrected chi connectivity index (χ1v) is 22.0. The van der Waals surface area contributed by atoms with E-state index in [1.807, 2.05) is 55.1 Å². The summed E-state index contributed by atoms with van der Waals surface area (Å²) < 4.78 is 19.3. The van der Waals surface area contributed by atoms with Crippen LogP contribution in [0.1, 0.15) is 5.56 Å². The van der Waals surface area contributed by atoms with Gasteiger partial charge in [0.25, 0.3) is 0 Å². The Morgan fingerprint density at radius 1 is 0.318 bits per heavy atom. The van der Waals surface area contributed by atoms with Gasteiger partial charge in [-0.1, -0.05) is 42.0 Å². The molecule has 13 aromatic rings. The number of aromatic nitrogens is 2. The number of furan rings is 3. The third-order valence-electron chi connectivity index (χ3n) is 12.9. The second-order valence-corrected chi connectivity index (χ2v) is 16.9. The van der Waals surface area contributed by atoms with Crippen LogP contribution in [0, 0.1) is 6.92 Å². The highest BCUT2D eigenvalue weighted by molar-refractivity contribution is 6.11. The van der Waals surface area contributed by atoms with Gasteiger partial charge in [0, 0.05) is 110 Å². The molecular weight excluding hydrogens is 815 g/mol. The Kier molecular flexibility index (Phi) is 8.48. The summed E-state index contributed by atoms with van der Waals surface area (Å²) in [5, 5.41) is 8.67.